The van der Waals surface area contributed by atoms with E-state index in [-0.39, 0.29) is 11.5 Å². The number of phenolic OH excluding ortho intramolecular Hbond substituents is 1. The Morgan fingerprint density at radius 1 is 1.13 bits per heavy atom. The molecule has 3 aromatic rings. The van der Waals surface area contributed by atoms with Crippen molar-refractivity contribution >= 4 is 22.6 Å². The van der Waals surface area contributed by atoms with Crippen LogP contribution in [-0.2, 0) is 11.3 Å². The van der Waals surface area contributed by atoms with E-state index in [4.69, 9.17) is 9.47 Å². The third-order valence-electron chi connectivity index (χ3n) is 5.54. The summed E-state index contributed by atoms with van der Waals surface area (Å²) in [6, 6.07) is 16.9. The minimum atomic E-state index is -0.227. The molecule has 0 spiro atoms. The fraction of sp³-hybridized carbons (Fsp3) is 0.240. The van der Waals surface area contributed by atoms with Crippen molar-refractivity contribution in [2.75, 3.05) is 33.4 Å². The molecule has 0 aliphatic carbocycles. The highest BCUT2D eigenvalue weighted by molar-refractivity contribution is 6.11. The van der Waals surface area contributed by atoms with Crippen LogP contribution in [0.4, 0.5) is 0 Å². The van der Waals surface area contributed by atoms with Gasteiger partial charge in [-0.15, -0.1) is 0 Å². The number of rotatable bonds is 6. The number of fused-ring (bicyclic) bond motifs is 1. The first-order valence-corrected chi connectivity index (χ1v) is 10.2. The molecule has 154 valence electrons. The van der Waals surface area contributed by atoms with Gasteiger partial charge in [0.25, 0.3) is 0 Å². The molecule has 3 aromatic carbocycles. The highest BCUT2D eigenvalue weighted by Gasteiger charge is 2.17. The van der Waals surface area contributed by atoms with Crippen molar-refractivity contribution in [3.8, 4) is 11.5 Å². The normalized spacial score (nSPS) is 15.0. The highest BCUT2D eigenvalue weighted by atomic mass is 16.5. The van der Waals surface area contributed by atoms with E-state index in [1.54, 1.807) is 19.3 Å². The molecule has 0 radical (unpaired) electrons. The van der Waals surface area contributed by atoms with E-state index in [2.05, 4.69) is 6.07 Å². The van der Waals surface area contributed by atoms with Gasteiger partial charge >= 0.3 is 0 Å². The maximum absolute atomic E-state index is 12.7. The summed E-state index contributed by atoms with van der Waals surface area (Å²) in [6.07, 6.45) is 3.30. The molecule has 0 amide bonds. The molecule has 1 aliphatic heterocycles. The SMILES string of the molecule is COc1ccc(/C=C/C(=O)c2ccc3ccccc3c2O)cc1C[NH+]1CCOCC1. The van der Waals surface area contributed by atoms with E-state index >= 15 is 0 Å². The smallest absolute Gasteiger partial charge is 0.189 e. The lowest BCUT2D eigenvalue weighted by molar-refractivity contribution is -0.921. The second-order valence-electron chi connectivity index (χ2n) is 7.49. The molecule has 0 aromatic heterocycles. The lowest BCUT2D eigenvalue weighted by Gasteiger charge is -2.24. The molecule has 0 saturated carbocycles. The van der Waals surface area contributed by atoms with E-state index in [9.17, 15) is 9.90 Å². The molecule has 1 heterocycles. The molecule has 30 heavy (non-hydrogen) atoms. The van der Waals surface area contributed by atoms with Crippen molar-refractivity contribution < 1.29 is 24.3 Å². The largest absolute Gasteiger partial charge is 0.507 e. The number of aromatic hydroxyl groups is 1. The van der Waals surface area contributed by atoms with Crippen LogP contribution in [0.25, 0.3) is 16.8 Å². The van der Waals surface area contributed by atoms with Crippen LogP contribution in [0.5, 0.6) is 11.5 Å². The number of methoxy groups -OCH3 is 1. The van der Waals surface area contributed by atoms with Crippen LogP contribution in [0.2, 0.25) is 0 Å². The Labute approximate surface area is 176 Å². The van der Waals surface area contributed by atoms with Gasteiger partial charge in [-0.3, -0.25) is 4.79 Å². The fourth-order valence-electron chi connectivity index (χ4n) is 3.86. The van der Waals surface area contributed by atoms with Crippen LogP contribution in [0.3, 0.4) is 0 Å². The average Bonchev–Trinajstić information content (AvgIpc) is 2.79. The lowest BCUT2D eigenvalue weighted by atomic mass is 10.0. The van der Waals surface area contributed by atoms with E-state index in [1.807, 2.05) is 42.5 Å². The molecule has 1 fully saturated rings. The van der Waals surface area contributed by atoms with Crippen molar-refractivity contribution in [3.63, 3.8) is 0 Å². The number of ether oxygens (including phenoxy) is 2. The van der Waals surface area contributed by atoms with E-state index in [1.165, 1.54) is 11.0 Å². The number of phenols is 1. The quantitative estimate of drug-likeness (QED) is 0.490. The Kier molecular flexibility index (Phi) is 6.12. The maximum Gasteiger partial charge on any atom is 0.189 e. The molecule has 0 bridgehead atoms. The van der Waals surface area contributed by atoms with Crippen molar-refractivity contribution in [1.82, 2.24) is 0 Å². The number of quaternary nitrogens is 1. The molecular weight excluding hydrogens is 378 g/mol. The van der Waals surface area contributed by atoms with Gasteiger partial charge in [-0.05, 0) is 35.2 Å². The van der Waals surface area contributed by atoms with Gasteiger partial charge in [-0.1, -0.05) is 42.5 Å². The van der Waals surface area contributed by atoms with E-state index < -0.39 is 0 Å². The number of benzene rings is 3. The molecule has 2 N–H and O–H groups in total. The predicted octanol–water partition coefficient (Wildman–Crippen LogP) is 2.87. The van der Waals surface area contributed by atoms with Gasteiger partial charge in [0.15, 0.2) is 5.78 Å². The molecule has 5 heteroatoms. The number of hydrogen-bond acceptors (Lipinski definition) is 4. The summed E-state index contributed by atoms with van der Waals surface area (Å²) in [7, 11) is 1.68. The summed E-state index contributed by atoms with van der Waals surface area (Å²) in [5, 5.41) is 12.1. The van der Waals surface area contributed by atoms with E-state index in [0.717, 1.165) is 55.1 Å². The topological polar surface area (TPSA) is 60.2 Å². The van der Waals surface area contributed by atoms with Gasteiger partial charge in [0.1, 0.15) is 31.1 Å². The Hall–Kier alpha value is -3.15. The summed E-state index contributed by atoms with van der Waals surface area (Å²) in [4.78, 5) is 14.2. The third-order valence-corrected chi connectivity index (χ3v) is 5.54. The molecule has 0 unspecified atom stereocenters. The Balaban J connectivity index is 1.55. The second-order valence-corrected chi connectivity index (χ2v) is 7.49. The van der Waals surface area contributed by atoms with Gasteiger partial charge in [0, 0.05) is 10.9 Å². The number of allylic oxidation sites excluding steroid dienone is 1. The molecule has 0 atom stereocenters. The van der Waals surface area contributed by atoms with Gasteiger partial charge in [0.2, 0.25) is 0 Å². The monoisotopic (exact) mass is 404 g/mol. The number of hydrogen-bond donors (Lipinski definition) is 2. The zero-order valence-electron chi connectivity index (χ0n) is 17.1. The summed E-state index contributed by atoms with van der Waals surface area (Å²) in [5.41, 5.74) is 2.33. The number of morpholine rings is 1. The second kappa shape index (κ2) is 9.11. The fourth-order valence-corrected chi connectivity index (χ4v) is 3.86. The van der Waals surface area contributed by atoms with Crippen LogP contribution < -0.4 is 9.64 Å². The Morgan fingerprint density at radius 2 is 1.93 bits per heavy atom. The first kappa shape index (κ1) is 20.1. The predicted molar refractivity (Wildman–Crippen MR) is 117 cm³/mol. The summed E-state index contributed by atoms with van der Waals surface area (Å²) in [5.74, 6) is 0.646. The minimum Gasteiger partial charge on any atom is -0.507 e. The molecule has 4 rings (SSSR count). The van der Waals surface area contributed by atoms with Crippen LogP contribution >= 0.6 is 0 Å². The lowest BCUT2D eigenvalue weighted by Crippen LogP contribution is -3.12. The average molecular weight is 404 g/mol. The van der Waals surface area contributed by atoms with E-state index in [0.29, 0.717) is 10.9 Å². The van der Waals surface area contributed by atoms with Crippen molar-refractivity contribution in [2.24, 2.45) is 0 Å². The molecule has 5 nitrogen and oxygen atoms in total. The van der Waals surface area contributed by atoms with Crippen LogP contribution in [0.1, 0.15) is 21.5 Å². The Bertz CT molecular complexity index is 1080. The molecular formula is C25H26NO4+. The summed E-state index contributed by atoms with van der Waals surface area (Å²) in [6.45, 7) is 4.36. The third kappa shape index (κ3) is 4.37. The van der Waals surface area contributed by atoms with Gasteiger partial charge in [0.05, 0.1) is 25.9 Å². The van der Waals surface area contributed by atoms with Crippen molar-refractivity contribution in [3.05, 3.63) is 77.4 Å². The zero-order valence-corrected chi connectivity index (χ0v) is 17.1. The maximum atomic E-state index is 12.7. The highest BCUT2D eigenvalue weighted by Crippen LogP contribution is 2.29. The number of carbonyl (C=O) groups is 1. The van der Waals surface area contributed by atoms with Crippen LogP contribution in [-0.4, -0.2) is 44.3 Å². The van der Waals surface area contributed by atoms with Gasteiger partial charge in [-0.2, -0.15) is 0 Å². The van der Waals surface area contributed by atoms with Crippen LogP contribution in [0.15, 0.2) is 60.7 Å². The zero-order chi connectivity index (χ0) is 20.9. The first-order chi connectivity index (χ1) is 14.7. The van der Waals surface area contributed by atoms with Gasteiger partial charge in [-0.25, -0.2) is 0 Å². The standard InChI is InChI=1S/C25H25NO4/c1-29-24-11-7-18(16-20(24)17-26-12-14-30-15-13-26)6-10-23(27)22-9-8-19-4-2-3-5-21(19)25(22)28/h2-11,16,28H,12-15,17H2,1H3/p+1/b10-6+. The number of ketones is 1. The minimum absolute atomic E-state index is 0.0223. The summed E-state index contributed by atoms with van der Waals surface area (Å²) >= 11 is 0. The van der Waals surface area contributed by atoms with Gasteiger partial charge < -0.3 is 19.5 Å². The van der Waals surface area contributed by atoms with Crippen LogP contribution in [0, 0.1) is 0 Å². The van der Waals surface area contributed by atoms with Crippen molar-refractivity contribution in [2.45, 2.75) is 6.54 Å². The molecule has 1 aliphatic rings. The van der Waals surface area contributed by atoms with Crippen molar-refractivity contribution in [1.29, 1.82) is 0 Å². The summed E-state index contributed by atoms with van der Waals surface area (Å²) < 4.78 is 11.0. The number of carbonyl (C=O) groups excluding carboxylic acids is 1. The molecule has 1 saturated heterocycles. The first-order valence-electron chi connectivity index (χ1n) is 10.2. The Morgan fingerprint density at radius 3 is 2.73 bits per heavy atom. The number of nitrogens with one attached hydrogen (secondary N) is 1.